The molecule has 142 valence electrons. The fourth-order valence-corrected chi connectivity index (χ4v) is 4.08. The summed E-state index contributed by atoms with van der Waals surface area (Å²) in [6.45, 7) is 4.75. The van der Waals surface area contributed by atoms with Gasteiger partial charge in [0, 0.05) is 19.3 Å². The monoisotopic (exact) mass is 379 g/mol. The summed E-state index contributed by atoms with van der Waals surface area (Å²) >= 11 is 0. The Labute approximate surface area is 154 Å². The van der Waals surface area contributed by atoms with E-state index in [2.05, 4.69) is 9.84 Å². The Morgan fingerprint density at radius 3 is 2.58 bits per heavy atom. The molecule has 0 radical (unpaired) electrons. The number of carbonyl (C=O) groups excluding carboxylic acids is 1. The van der Waals surface area contributed by atoms with Gasteiger partial charge in [0.2, 0.25) is 10.0 Å². The van der Waals surface area contributed by atoms with Crippen molar-refractivity contribution in [3.8, 4) is 0 Å². The lowest BCUT2D eigenvalue weighted by atomic mass is 10.2. The number of carbonyl (C=O) groups is 1. The van der Waals surface area contributed by atoms with Gasteiger partial charge in [-0.3, -0.25) is 9.48 Å². The van der Waals surface area contributed by atoms with E-state index in [1.807, 2.05) is 44.2 Å². The van der Waals surface area contributed by atoms with E-state index in [0.29, 0.717) is 13.1 Å². The van der Waals surface area contributed by atoms with Gasteiger partial charge >= 0.3 is 5.97 Å². The molecule has 0 saturated carbocycles. The molecule has 0 bridgehead atoms. The Bertz CT molecular complexity index is 816. The van der Waals surface area contributed by atoms with Gasteiger partial charge in [-0.15, -0.1) is 0 Å². The van der Waals surface area contributed by atoms with E-state index in [1.165, 1.54) is 23.8 Å². The minimum atomic E-state index is -3.73. The average molecular weight is 379 g/mol. The zero-order chi connectivity index (χ0) is 19.2. The van der Waals surface area contributed by atoms with Gasteiger partial charge in [-0.05, 0) is 11.5 Å². The molecule has 7 nitrogen and oxygen atoms in total. The van der Waals surface area contributed by atoms with Gasteiger partial charge in [0.15, 0.2) is 0 Å². The summed E-state index contributed by atoms with van der Waals surface area (Å²) in [6.07, 6.45) is 2.89. The molecule has 1 aromatic carbocycles. The molecule has 2 aromatic rings. The highest BCUT2D eigenvalue weighted by Gasteiger charge is 2.27. The van der Waals surface area contributed by atoms with Gasteiger partial charge in [0.1, 0.15) is 4.90 Å². The first-order chi connectivity index (χ1) is 12.3. The van der Waals surface area contributed by atoms with Crippen LogP contribution in [0.15, 0.2) is 47.6 Å². The Morgan fingerprint density at radius 1 is 1.27 bits per heavy atom. The summed E-state index contributed by atoms with van der Waals surface area (Å²) in [4.78, 5) is 11.5. The molecule has 1 heterocycles. The Balaban J connectivity index is 2.18. The lowest BCUT2D eigenvalue weighted by Gasteiger charge is -2.22. The van der Waals surface area contributed by atoms with Crippen LogP contribution in [0, 0.1) is 5.92 Å². The molecule has 0 saturated heterocycles. The minimum Gasteiger partial charge on any atom is -0.469 e. The van der Waals surface area contributed by atoms with E-state index in [1.54, 1.807) is 4.68 Å². The maximum absolute atomic E-state index is 13.0. The summed E-state index contributed by atoms with van der Waals surface area (Å²) in [6, 6.07) is 9.68. The van der Waals surface area contributed by atoms with Crippen molar-refractivity contribution >= 4 is 16.0 Å². The molecule has 0 spiro atoms. The van der Waals surface area contributed by atoms with Crippen molar-refractivity contribution < 1.29 is 17.9 Å². The summed E-state index contributed by atoms with van der Waals surface area (Å²) in [7, 11) is -2.44. The summed E-state index contributed by atoms with van der Waals surface area (Å²) in [5.74, 6) is -0.310. The third-order valence-electron chi connectivity index (χ3n) is 3.80. The van der Waals surface area contributed by atoms with Crippen LogP contribution in [-0.4, -0.2) is 48.7 Å². The Hall–Kier alpha value is -2.19. The van der Waals surface area contributed by atoms with Crippen molar-refractivity contribution in [2.75, 3.05) is 20.2 Å². The van der Waals surface area contributed by atoms with Crippen LogP contribution >= 0.6 is 0 Å². The summed E-state index contributed by atoms with van der Waals surface area (Å²) in [5.41, 5.74) is 1.03. The standard InChI is InChI=1S/C18H25N3O4S/c1-15(2)12-21(10-9-18(22)25-3)26(23,24)17-11-19-20(14-17)13-16-7-5-4-6-8-16/h4-8,11,14-15H,9-10,12-13H2,1-3H3. The second-order valence-corrected chi connectivity index (χ2v) is 8.38. The SMILES string of the molecule is COC(=O)CCN(CC(C)C)S(=O)(=O)c1cnn(Cc2ccccc2)c1. The van der Waals surface area contributed by atoms with E-state index in [0.717, 1.165) is 5.56 Å². The average Bonchev–Trinajstić information content (AvgIpc) is 3.08. The summed E-state index contributed by atoms with van der Waals surface area (Å²) in [5, 5.41) is 4.17. The number of hydrogen-bond acceptors (Lipinski definition) is 5. The third-order valence-corrected chi connectivity index (χ3v) is 5.61. The number of nitrogens with zero attached hydrogens (tertiary/aromatic N) is 3. The number of methoxy groups -OCH3 is 1. The first-order valence-electron chi connectivity index (χ1n) is 8.46. The predicted octanol–water partition coefficient (Wildman–Crippen LogP) is 2.14. The van der Waals surface area contributed by atoms with Crippen molar-refractivity contribution in [1.29, 1.82) is 0 Å². The van der Waals surface area contributed by atoms with Crippen LogP contribution in [0.2, 0.25) is 0 Å². The number of esters is 1. The van der Waals surface area contributed by atoms with Gasteiger partial charge in [0.05, 0.1) is 26.3 Å². The van der Waals surface area contributed by atoms with Crippen LogP contribution in [0.4, 0.5) is 0 Å². The number of hydrogen-bond donors (Lipinski definition) is 0. The molecule has 0 amide bonds. The normalized spacial score (nSPS) is 11.9. The number of rotatable bonds is 9. The molecule has 0 aliphatic heterocycles. The van der Waals surface area contributed by atoms with Crippen molar-refractivity contribution in [3.63, 3.8) is 0 Å². The lowest BCUT2D eigenvalue weighted by Crippen LogP contribution is -2.36. The van der Waals surface area contributed by atoms with Crippen LogP contribution in [0.25, 0.3) is 0 Å². The van der Waals surface area contributed by atoms with Gasteiger partial charge in [-0.2, -0.15) is 9.40 Å². The fraction of sp³-hybridized carbons (Fsp3) is 0.444. The molecule has 0 fully saturated rings. The second-order valence-electron chi connectivity index (χ2n) is 6.44. The summed E-state index contributed by atoms with van der Waals surface area (Å²) < 4.78 is 33.4. The van der Waals surface area contributed by atoms with Crippen molar-refractivity contribution in [2.45, 2.75) is 31.7 Å². The molecule has 0 atom stereocenters. The molecule has 26 heavy (non-hydrogen) atoms. The molecule has 0 N–H and O–H groups in total. The molecular weight excluding hydrogens is 354 g/mol. The maximum atomic E-state index is 13.0. The number of aromatic nitrogens is 2. The molecule has 8 heteroatoms. The lowest BCUT2D eigenvalue weighted by molar-refractivity contribution is -0.140. The van der Waals surface area contributed by atoms with Crippen molar-refractivity contribution in [1.82, 2.24) is 14.1 Å². The van der Waals surface area contributed by atoms with Crippen molar-refractivity contribution in [2.24, 2.45) is 5.92 Å². The van der Waals surface area contributed by atoms with Crippen LogP contribution in [0.1, 0.15) is 25.8 Å². The van der Waals surface area contributed by atoms with Crippen molar-refractivity contribution in [3.05, 3.63) is 48.3 Å². The van der Waals surface area contributed by atoms with Crippen LogP contribution in [0.5, 0.6) is 0 Å². The van der Waals surface area contributed by atoms with E-state index >= 15 is 0 Å². The molecule has 1 aromatic heterocycles. The van der Waals surface area contributed by atoms with E-state index in [9.17, 15) is 13.2 Å². The Kier molecular flexibility index (Phi) is 6.93. The quantitative estimate of drug-likeness (QED) is 0.624. The van der Waals surface area contributed by atoms with E-state index in [-0.39, 0.29) is 23.8 Å². The van der Waals surface area contributed by atoms with Crippen LogP contribution in [0.3, 0.4) is 0 Å². The molecule has 0 aliphatic rings. The molecular formula is C18H25N3O4S. The first kappa shape index (κ1) is 20.1. The third kappa shape index (κ3) is 5.40. The number of ether oxygens (including phenoxy) is 1. The molecule has 0 aliphatic carbocycles. The van der Waals surface area contributed by atoms with Gasteiger partial charge < -0.3 is 4.74 Å². The zero-order valence-electron chi connectivity index (χ0n) is 15.3. The highest BCUT2D eigenvalue weighted by Crippen LogP contribution is 2.18. The highest BCUT2D eigenvalue weighted by atomic mass is 32.2. The predicted molar refractivity (Wildman–Crippen MR) is 98.0 cm³/mol. The fourth-order valence-electron chi connectivity index (χ4n) is 2.52. The number of benzene rings is 1. The number of sulfonamides is 1. The second kappa shape index (κ2) is 8.95. The largest absolute Gasteiger partial charge is 0.469 e. The van der Waals surface area contributed by atoms with Gasteiger partial charge in [0.25, 0.3) is 0 Å². The smallest absolute Gasteiger partial charge is 0.306 e. The van der Waals surface area contributed by atoms with Crippen LogP contribution in [-0.2, 0) is 26.1 Å². The first-order valence-corrected chi connectivity index (χ1v) is 9.90. The van der Waals surface area contributed by atoms with Crippen LogP contribution < -0.4 is 0 Å². The highest BCUT2D eigenvalue weighted by molar-refractivity contribution is 7.89. The maximum Gasteiger partial charge on any atom is 0.306 e. The zero-order valence-corrected chi connectivity index (χ0v) is 16.1. The Morgan fingerprint density at radius 2 is 1.96 bits per heavy atom. The van der Waals surface area contributed by atoms with E-state index < -0.39 is 16.0 Å². The minimum absolute atomic E-state index is 0.0145. The van der Waals surface area contributed by atoms with E-state index in [4.69, 9.17) is 0 Å². The molecule has 2 rings (SSSR count). The van der Waals surface area contributed by atoms with Gasteiger partial charge in [-0.25, -0.2) is 8.42 Å². The topological polar surface area (TPSA) is 81.5 Å². The van der Waals surface area contributed by atoms with Gasteiger partial charge in [-0.1, -0.05) is 44.2 Å². The molecule has 0 unspecified atom stereocenters.